The highest BCUT2D eigenvalue weighted by Gasteiger charge is 2.10. The van der Waals surface area contributed by atoms with Gasteiger partial charge in [-0.15, -0.1) is 0 Å². The second-order valence-corrected chi connectivity index (χ2v) is 5.42. The third-order valence-electron chi connectivity index (χ3n) is 3.54. The predicted octanol–water partition coefficient (Wildman–Crippen LogP) is 3.01. The highest BCUT2D eigenvalue weighted by Crippen LogP contribution is 2.18. The van der Waals surface area contributed by atoms with Crippen molar-refractivity contribution in [3.8, 4) is 11.5 Å². The van der Waals surface area contributed by atoms with Gasteiger partial charge >= 0.3 is 0 Å². The summed E-state index contributed by atoms with van der Waals surface area (Å²) in [5.74, 6) is 0.721. The van der Waals surface area contributed by atoms with Crippen molar-refractivity contribution in [2.75, 3.05) is 13.1 Å². The molecule has 0 saturated heterocycles. The van der Waals surface area contributed by atoms with E-state index in [1.54, 1.807) is 6.20 Å². The Morgan fingerprint density at radius 2 is 1.76 bits per heavy atom. The zero-order valence-corrected chi connectivity index (χ0v) is 13.4. The lowest BCUT2D eigenvalue weighted by Gasteiger charge is -2.11. The van der Waals surface area contributed by atoms with Crippen molar-refractivity contribution in [3.63, 3.8) is 0 Å². The van der Waals surface area contributed by atoms with E-state index >= 15 is 0 Å². The Labute approximate surface area is 127 Å². The van der Waals surface area contributed by atoms with Gasteiger partial charge in [0.25, 0.3) is 0 Å². The fourth-order valence-electron chi connectivity index (χ4n) is 2.39. The summed E-state index contributed by atoms with van der Waals surface area (Å²) in [5.41, 5.74) is 5.37. The summed E-state index contributed by atoms with van der Waals surface area (Å²) in [6.07, 6.45) is 3.94. The number of hydrogen-bond donors (Lipinski definition) is 1. The fraction of sp³-hybridized carbons (Fsp3) is 0.471. The summed E-state index contributed by atoms with van der Waals surface area (Å²) in [5, 5.41) is 3.42. The second kappa shape index (κ2) is 7.27. The SMILES string of the molecule is CCCNCCc1c(C)nc(-c2cc(C)ccn2)nc1C. The van der Waals surface area contributed by atoms with Crippen molar-refractivity contribution in [3.05, 3.63) is 40.8 Å². The third kappa shape index (κ3) is 4.08. The minimum Gasteiger partial charge on any atom is -0.316 e. The molecule has 2 heterocycles. The van der Waals surface area contributed by atoms with Crippen molar-refractivity contribution < 1.29 is 0 Å². The van der Waals surface area contributed by atoms with Crippen LogP contribution in [0.5, 0.6) is 0 Å². The molecule has 0 aliphatic carbocycles. The van der Waals surface area contributed by atoms with Crippen molar-refractivity contribution in [2.45, 2.75) is 40.5 Å². The molecule has 0 aliphatic heterocycles. The van der Waals surface area contributed by atoms with Gasteiger partial charge in [0.2, 0.25) is 0 Å². The first-order chi connectivity index (χ1) is 10.1. The number of hydrogen-bond acceptors (Lipinski definition) is 4. The molecule has 0 spiro atoms. The van der Waals surface area contributed by atoms with E-state index in [4.69, 9.17) is 0 Å². The number of aromatic nitrogens is 3. The van der Waals surface area contributed by atoms with Crippen molar-refractivity contribution >= 4 is 0 Å². The number of nitrogens with zero attached hydrogens (tertiary/aromatic N) is 3. The minimum atomic E-state index is 0.721. The molecule has 4 nitrogen and oxygen atoms in total. The summed E-state index contributed by atoms with van der Waals surface area (Å²) >= 11 is 0. The highest BCUT2D eigenvalue weighted by molar-refractivity contribution is 5.51. The van der Waals surface area contributed by atoms with Gasteiger partial charge in [-0.2, -0.15) is 0 Å². The molecule has 0 aliphatic rings. The molecule has 2 aromatic heterocycles. The lowest BCUT2D eigenvalue weighted by Crippen LogP contribution is -2.19. The molecular formula is C17H24N4. The summed E-state index contributed by atoms with van der Waals surface area (Å²) in [4.78, 5) is 13.7. The van der Waals surface area contributed by atoms with Crippen LogP contribution in [0.4, 0.5) is 0 Å². The molecule has 0 saturated carbocycles. The predicted molar refractivity (Wildman–Crippen MR) is 86.3 cm³/mol. The Morgan fingerprint density at radius 3 is 2.38 bits per heavy atom. The maximum absolute atomic E-state index is 4.64. The molecular weight excluding hydrogens is 260 g/mol. The van der Waals surface area contributed by atoms with Crippen LogP contribution in [0.15, 0.2) is 18.3 Å². The fourth-order valence-corrected chi connectivity index (χ4v) is 2.39. The summed E-state index contributed by atoms with van der Waals surface area (Å²) in [6.45, 7) is 10.4. The van der Waals surface area contributed by atoms with Gasteiger partial charge in [0, 0.05) is 17.6 Å². The van der Waals surface area contributed by atoms with Gasteiger partial charge in [0.05, 0.1) is 0 Å². The average molecular weight is 284 g/mol. The van der Waals surface area contributed by atoms with Gasteiger partial charge in [0.1, 0.15) is 5.69 Å². The van der Waals surface area contributed by atoms with Crippen LogP contribution >= 0.6 is 0 Å². The van der Waals surface area contributed by atoms with Crippen LogP contribution in [-0.4, -0.2) is 28.0 Å². The van der Waals surface area contributed by atoms with Crippen LogP contribution in [0.25, 0.3) is 11.5 Å². The Bertz CT molecular complexity index is 584. The number of rotatable bonds is 6. The molecule has 0 atom stereocenters. The largest absolute Gasteiger partial charge is 0.316 e. The van der Waals surface area contributed by atoms with Crippen LogP contribution in [-0.2, 0) is 6.42 Å². The Kier molecular flexibility index (Phi) is 5.39. The monoisotopic (exact) mass is 284 g/mol. The Morgan fingerprint density at radius 1 is 1.05 bits per heavy atom. The smallest absolute Gasteiger partial charge is 0.178 e. The Hall–Kier alpha value is -1.81. The molecule has 21 heavy (non-hydrogen) atoms. The van der Waals surface area contributed by atoms with Gasteiger partial charge in [0.15, 0.2) is 5.82 Å². The first-order valence-electron chi connectivity index (χ1n) is 7.59. The standard InChI is InChI=1S/C17H24N4/c1-5-8-18-9-7-15-13(3)20-17(21-14(15)4)16-11-12(2)6-10-19-16/h6,10-11,18H,5,7-9H2,1-4H3. The maximum atomic E-state index is 4.64. The zero-order chi connectivity index (χ0) is 15.2. The number of nitrogens with one attached hydrogen (secondary N) is 1. The van der Waals surface area contributed by atoms with Gasteiger partial charge in [-0.05, 0) is 70.0 Å². The number of aryl methyl sites for hydroxylation is 3. The maximum Gasteiger partial charge on any atom is 0.178 e. The van der Waals surface area contributed by atoms with E-state index in [0.29, 0.717) is 0 Å². The summed E-state index contributed by atoms with van der Waals surface area (Å²) in [7, 11) is 0. The molecule has 1 N–H and O–H groups in total. The Balaban J connectivity index is 2.20. The van der Waals surface area contributed by atoms with Crippen LogP contribution in [0.2, 0.25) is 0 Å². The topological polar surface area (TPSA) is 50.7 Å². The van der Waals surface area contributed by atoms with E-state index in [2.05, 4.69) is 48.0 Å². The average Bonchev–Trinajstić information content (AvgIpc) is 2.45. The van der Waals surface area contributed by atoms with Crippen molar-refractivity contribution in [1.29, 1.82) is 0 Å². The van der Waals surface area contributed by atoms with Gasteiger partial charge in [-0.3, -0.25) is 4.98 Å². The van der Waals surface area contributed by atoms with Gasteiger partial charge in [-0.25, -0.2) is 9.97 Å². The molecule has 2 rings (SSSR count). The quantitative estimate of drug-likeness (QED) is 0.828. The van der Waals surface area contributed by atoms with E-state index in [9.17, 15) is 0 Å². The number of pyridine rings is 1. The molecule has 2 aromatic rings. The van der Waals surface area contributed by atoms with E-state index in [1.165, 1.54) is 11.1 Å². The molecule has 0 unspecified atom stereocenters. The van der Waals surface area contributed by atoms with E-state index < -0.39 is 0 Å². The van der Waals surface area contributed by atoms with Crippen LogP contribution < -0.4 is 5.32 Å². The third-order valence-corrected chi connectivity index (χ3v) is 3.54. The highest BCUT2D eigenvalue weighted by atomic mass is 14.9. The lowest BCUT2D eigenvalue weighted by molar-refractivity contribution is 0.666. The molecule has 112 valence electrons. The van der Waals surface area contributed by atoms with Gasteiger partial charge < -0.3 is 5.32 Å². The molecule has 0 aromatic carbocycles. The van der Waals surface area contributed by atoms with Crippen molar-refractivity contribution in [1.82, 2.24) is 20.3 Å². The summed E-state index contributed by atoms with van der Waals surface area (Å²) < 4.78 is 0. The summed E-state index contributed by atoms with van der Waals surface area (Å²) in [6, 6.07) is 4.01. The second-order valence-electron chi connectivity index (χ2n) is 5.42. The van der Waals surface area contributed by atoms with Crippen LogP contribution in [0.3, 0.4) is 0 Å². The lowest BCUT2D eigenvalue weighted by atomic mass is 10.1. The first-order valence-corrected chi connectivity index (χ1v) is 7.59. The normalized spacial score (nSPS) is 10.9. The minimum absolute atomic E-state index is 0.721. The van der Waals surface area contributed by atoms with E-state index in [1.807, 2.05) is 12.1 Å². The van der Waals surface area contributed by atoms with Crippen LogP contribution in [0, 0.1) is 20.8 Å². The molecule has 4 heteroatoms. The molecule has 0 fully saturated rings. The van der Waals surface area contributed by atoms with Gasteiger partial charge in [-0.1, -0.05) is 6.92 Å². The van der Waals surface area contributed by atoms with Crippen molar-refractivity contribution in [2.24, 2.45) is 0 Å². The zero-order valence-electron chi connectivity index (χ0n) is 13.4. The molecule has 0 bridgehead atoms. The van der Waals surface area contributed by atoms with E-state index in [0.717, 1.165) is 48.8 Å². The van der Waals surface area contributed by atoms with Crippen LogP contribution in [0.1, 0.15) is 35.9 Å². The molecule has 0 radical (unpaired) electrons. The first kappa shape index (κ1) is 15.6. The van der Waals surface area contributed by atoms with E-state index in [-0.39, 0.29) is 0 Å². The molecule has 0 amide bonds.